The molecule has 1 aliphatic rings. The molecule has 7 heteroatoms. The predicted molar refractivity (Wildman–Crippen MR) is 89.3 cm³/mol. The summed E-state index contributed by atoms with van der Waals surface area (Å²) in [5, 5.41) is 9.16. The van der Waals surface area contributed by atoms with Crippen molar-refractivity contribution in [2.24, 2.45) is 5.92 Å². The van der Waals surface area contributed by atoms with Gasteiger partial charge in [0.25, 0.3) is 0 Å². The molecule has 0 radical (unpaired) electrons. The molecule has 2 rings (SSSR count). The fourth-order valence-electron chi connectivity index (χ4n) is 2.17. The number of hydrogen-bond donors (Lipinski definition) is 3. The molecular weight excluding hydrogens is 316 g/mol. The molecule has 1 fully saturated rings. The van der Waals surface area contributed by atoms with Crippen LogP contribution in [0.1, 0.15) is 20.3 Å². The van der Waals surface area contributed by atoms with Crippen molar-refractivity contribution in [1.29, 1.82) is 0 Å². The van der Waals surface area contributed by atoms with Crippen LogP contribution >= 0.6 is 24.8 Å². The fraction of sp³-hybridized carbons (Fsp3) is 0.500. The highest BCUT2D eigenvalue weighted by Crippen LogP contribution is 2.24. The van der Waals surface area contributed by atoms with E-state index in [0.29, 0.717) is 12.2 Å². The van der Waals surface area contributed by atoms with E-state index in [4.69, 9.17) is 0 Å². The van der Waals surface area contributed by atoms with Gasteiger partial charge in [0.05, 0.1) is 17.3 Å². The van der Waals surface area contributed by atoms with Crippen molar-refractivity contribution in [2.75, 3.05) is 23.7 Å². The molecule has 1 aromatic carbocycles. The van der Waals surface area contributed by atoms with Crippen molar-refractivity contribution in [2.45, 2.75) is 26.3 Å². The van der Waals surface area contributed by atoms with Crippen molar-refractivity contribution in [1.82, 2.24) is 5.32 Å². The lowest BCUT2D eigenvalue weighted by atomic mass is 10.1. The Morgan fingerprint density at radius 1 is 1.33 bits per heavy atom. The maximum absolute atomic E-state index is 13.3. The molecule has 1 amide bonds. The first-order valence-electron chi connectivity index (χ1n) is 6.64. The van der Waals surface area contributed by atoms with Crippen LogP contribution in [0.3, 0.4) is 0 Å². The second-order valence-corrected chi connectivity index (χ2v) is 5.17. The van der Waals surface area contributed by atoms with Crippen LogP contribution in [0.5, 0.6) is 0 Å². The first-order chi connectivity index (χ1) is 9.06. The summed E-state index contributed by atoms with van der Waals surface area (Å²) in [4.78, 5) is 12.1. The van der Waals surface area contributed by atoms with E-state index >= 15 is 0 Å². The van der Waals surface area contributed by atoms with Gasteiger partial charge in [0.1, 0.15) is 5.82 Å². The minimum absolute atomic E-state index is 0. The van der Waals surface area contributed by atoms with Crippen LogP contribution in [0.25, 0.3) is 0 Å². The van der Waals surface area contributed by atoms with Gasteiger partial charge < -0.3 is 16.0 Å². The van der Waals surface area contributed by atoms with Gasteiger partial charge >= 0.3 is 0 Å². The predicted octanol–water partition coefficient (Wildman–Crippen LogP) is 3.04. The van der Waals surface area contributed by atoms with E-state index in [9.17, 15) is 9.18 Å². The Bertz CT molecular complexity index is 466. The highest BCUT2D eigenvalue weighted by Gasteiger charge is 2.23. The Morgan fingerprint density at radius 3 is 2.62 bits per heavy atom. The number of hydrogen-bond acceptors (Lipinski definition) is 3. The highest BCUT2D eigenvalue weighted by atomic mass is 35.5. The zero-order valence-corrected chi connectivity index (χ0v) is 13.7. The van der Waals surface area contributed by atoms with E-state index in [1.165, 1.54) is 12.1 Å². The van der Waals surface area contributed by atoms with Gasteiger partial charge in [0.2, 0.25) is 5.91 Å². The maximum atomic E-state index is 13.3. The topological polar surface area (TPSA) is 53.2 Å². The van der Waals surface area contributed by atoms with Gasteiger partial charge in [0, 0.05) is 12.6 Å². The largest absolute Gasteiger partial charge is 0.381 e. The molecule has 1 aromatic rings. The van der Waals surface area contributed by atoms with Crippen LogP contribution in [-0.2, 0) is 4.79 Å². The number of halogens is 3. The maximum Gasteiger partial charge on any atom is 0.228 e. The number of amides is 1. The fourth-order valence-corrected chi connectivity index (χ4v) is 2.17. The van der Waals surface area contributed by atoms with Crippen LogP contribution < -0.4 is 16.0 Å². The zero-order valence-electron chi connectivity index (χ0n) is 12.1. The minimum atomic E-state index is -0.353. The molecule has 0 spiro atoms. The number of benzene rings is 1. The summed E-state index contributed by atoms with van der Waals surface area (Å²) in [7, 11) is 0. The lowest BCUT2D eigenvalue weighted by molar-refractivity contribution is -0.119. The number of anilines is 2. The molecule has 0 aliphatic carbocycles. The highest BCUT2D eigenvalue weighted by molar-refractivity contribution is 5.96. The monoisotopic (exact) mass is 337 g/mol. The van der Waals surface area contributed by atoms with Gasteiger partial charge in [-0.05, 0) is 45.0 Å². The third-order valence-electron chi connectivity index (χ3n) is 3.11. The lowest BCUT2D eigenvalue weighted by Gasteiger charge is -2.17. The minimum Gasteiger partial charge on any atom is -0.381 e. The molecule has 1 saturated heterocycles. The molecule has 1 atom stereocenters. The van der Waals surface area contributed by atoms with Crippen molar-refractivity contribution in [3.8, 4) is 0 Å². The van der Waals surface area contributed by atoms with Gasteiger partial charge in [-0.3, -0.25) is 4.79 Å². The van der Waals surface area contributed by atoms with Gasteiger partial charge in [-0.15, -0.1) is 24.8 Å². The number of carbonyl (C=O) groups excluding carboxylic acids is 1. The molecule has 21 heavy (non-hydrogen) atoms. The SMILES string of the molecule is CC(C)Nc1ccc(F)cc1NC(=O)C1CCNC1.Cl.Cl. The van der Waals surface area contributed by atoms with E-state index in [1.807, 2.05) is 13.8 Å². The molecule has 120 valence electrons. The van der Waals surface area contributed by atoms with E-state index in [0.717, 1.165) is 18.7 Å². The molecule has 0 bridgehead atoms. The molecule has 1 unspecified atom stereocenters. The Hall–Kier alpha value is -1.04. The molecular formula is C14H22Cl2FN3O. The Morgan fingerprint density at radius 2 is 2.05 bits per heavy atom. The van der Waals surface area contributed by atoms with Gasteiger partial charge in [0.15, 0.2) is 0 Å². The van der Waals surface area contributed by atoms with Crippen LogP contribution in [0.2, 0.25) is 0 Å². The van der Waals surface area contributed by atoms with Gasteiger partial charge in [-0.2, -0.15) is 0 Å². The second-order valence-electron chi connectivity index (χ2n) is 5.17. The van der Waals surface area contributed by atoms with Crippen molar-refractivity contribution >= 4 is 42.1 Å². The normalized spacial score (nSPS) is 16.9. The number of carbonyl (C=O) groups is 1. The summed E-state index contributed by atoms with van der Waals surface area (Å²) in [5.41, 5.74) is 1.25. The summed E-state index contributed by atoms with van der Waals surface area (Å²) in [6.45, 7) is 5.54. The quantitative estimate of drug-likeness (QED) is 0.791. The summed E-state index contributed by atoms with van der Waals surface area (Å²) in [6, 6.07) is 4.61. The molecule has 4 nitrogen and oxygen atoms in total. The molecule has 1 aliphatic heterocycles. The smallest absolute Gasteiger partial charge is 0.228 e. The van der Waals surface area contributed by atoms with Crippen LogP contribution in [-0.4, -0.2) is 25.0 Å². The van der Waals surface area contributed by atoms with Gasteiger partial charge in [-0.25, -0.2) is 4.39 Å². The third kappa shape index (κ3) is 5.69. The molecule has 0 saturated carbocycles. The number of rotatable bonds is 4. The third-order valence-corrected chi connectivity index (χ3v) is 3.11. The van der Waals surface area contributed by atoms with E-state index in [1.54, 1.807) is 6.07 Å². The lowest BCUT2D eigenvalue weighted by Crippen LogP contribution is -2.25. The van der Waals surface area contributed by atoms with Crippen LogP contribution in [0, 0.1) is 11.7 Å². The number of nitrogens with one attached hydrogen (secondary N) is 3. The van der Waals surface area contributed by atoms with E-state index < -0.39 is 0 Å². The zero-order chi connectivity index (χ0) is 13.8. The average molecular weight is 338 g/mol. The Balaban J connectivity index is 0.00000200. The first-order valence-corrected chi connectivity index (χ1v) is 6.64. The first kappa shape index (κ1) is 20.0. The summed E-state index contributed by atoms with van der Waals surface area (Å²) in [6.07, 6.45) is 0.827. The van der Waals surface area contributed by atoms with Crippen LogP contribution in [0.15, 0.2) is 18.2 Å². The van der Waals surface area contributed by atoms with Crippen LogP contribution in [0.4, 0.5) is 15.8 Å². The van der Waals surface area contributed by atoms with E-state index in [2.05, 4.69) is 16.0 Å². The Labute approximate surface area is 137 Å². The molecule has 0 aromatic heterocycles. The van der Waals surface area contributed by atoms with Crippen molar-refractivity contribution in [3.63, 3.8) is 0 Å². The van der Waals surface area contributed by atoms with E-state index in [-0.39, 0.29) is 48.5 Å². The molecule has 1 heterocycles. The molecule has 3 N–H and O–H groups in total. The summed E-state index contributed by atoms with van der Waals surface area (Å²) < 4.78 is 13.3. The standard InChI is InChI=1S/C14H20FN3O.2ClH/c1-9(2)17-12-4-3-11(15)7-13(12)18-14(19)10-5-6-16-8-10;;/h3-4,7,9-10,16-17H,5-6,8H2,1-2H3,(H,18,19);2*1H. The van der Waals surface area contributed by atoms with Gasteiger partial charge in [-0.1, -0.05) is 0 Å². The second kappa shape index (κ2) is 9.07. The van der Waals surface area contributed by atoms with Crippen molar-refractivity contribution < 1.29 is 9.18 Å². The average Bonchev–Trinajstić information content (AvgIpc) is 2.86. The Kier molecular flexibility index (Phi) is 8.63. The van der Waals surface area contributed by atoms with Crippen molar-refractivity contribution in [3.05, 3.63) is 24.0 Å². The summed E-state index contributed by atoms with van der Waals surface area (Å²) >= 11 is 0. The summed E-state index contributed by atoms with van der Waals surface area (Å²) in [5.74, 6) is -0.438.